The lowest BCUT2D eigenvalue weighted by molar-refractivity contribution is 0.188. The zero-order valence-corrected chi connectivity index (χ0v) is 10.1. The zero-order valence-electron chi connectivity index (χ0n) is 10.1. The molecule has 16 heavy (non-hydrogen) atoms. The molecule has 1 heterocycles. The Bertz CT molecular complexity index is 332. The third-order valence-electron chi connectivity index (χ3n) is 3.02. The molecular formula is C12H20FN3. The monoisotopic (exact) mass is 225 g/mol. The van der Waals surface area contributed by atoms with E-state index in [4.69, 9.17) is 11.5 Å². The molecule has 0 saturated heterocycles. The highest BCUT2D eigenvalue weighted by Crippen LogP contribution is 2.35. The van der Waals surface area contributed by atoms with Gasteiger partial charge in [-0.2, -0.15) is 0 Å². The van der Waals surface area contributed by atoms with Crippen molar-refractivity contribution < 1.29 is 4.39 Å². The summed E-state index contributed by atoms with van der Waals surface area (Å²) in [5.41, 5.74) is 12.7. The number of nitrogen functional groups attached to an aromatic ring is 1. The van der Waals surface area contributed by atoms with Gasteiger partial charge in [0.15, 0.2) is 0 Å². The number of hydrogen-bond donors (Lipinski definition) is 2. The first-order chi connectivity index (χ1) is 7.49. The first kappa shape index (κ1) is 12.9. The molecule has 90 valence electrons. The van der Waals surface area contributed by atoms with Gasteiger partial charge in [-0.3, -0.25) is 0 Å². The van der Waals surface area contributed by atoms with Gasteiger partial charge in [-0.15, -0.1) is 0 Å². The summed E-state index contributed by atoms with van der Waals surface area (Å²) in [6.07, 6.45) is 0.451. The molecular weight excluding hydrogens is 205 g/mol. The number of alkyl halides is 1. The number of halogens is 1. The van der Waals surface area contributed by atoms with Gasteiger partial charge in [-0.1, -0.05) is 13.8 Å². The molecule has 4 N–H and O–H groups in total. The van der Waals surface area contributed by atoms with Crippen LogP contribution in [0.15, 0.2) is 12.3 Å². The van der Waals surface area contributed by atoms with E-state index in [2.05, 4.69) is 4.98 Å². The highest BCUT2D eigenvalue weighted by molar-refractivity contribution is 5.45. The van der Waals surface area contributed by atoms with E-state index in [9.17, 15) is 4.39 Å². The first-order valence-electron chi connectivity index (χ1n) is 5.54. The Kier molecular flexibility index (Phi) is 4.24. The molecule has 1 aromatic heterocycles. The van der Waals surface area contributed by atoms with Crippen molar-refractivity contribution in [2.45, 2.75) is 26.9 Å². The fraction of sp³-hybridized carbons (Fsp3) is 0.583. The summed E-state index contributed by atoms with van der Waals surface area (Å²) in [5, 5.41) is 0. The van der Waals surface area contributed by atoms with Crippen LogP contribution in [0.25, 0.3) is 0 Å². The van der Waals surface area contributed by atoms with E-state index >= 15 is 0 Å². The number of nitrogens with two attached hydrogens (primary N) is 2. The third kappa shape index (κ3) is 2.50. The van der Waals surface area contributed by atoms with E-state index in [1.807, 2.05) is 20.8 Å². The van der Waals surface area contributed by atoms with E-state index < -0.39 is 6.17 Å². The fourth-order valence-electron chi connectivity index (χ4n) is 1.89. The van der Waals surface area contributed by atoms with E-state index in [1.165, 1.54) is 0 Å². The summed E-state index contributed by atoms with van der Waals surface area (Å²) in [6, 6.07) is 1.77. The molecule has 2 unspecified atom stereocenters. The average molecular weight is 225 g/mol. The molecule has 0 aromatic carbocycles. The predicted molar refractivity (Wildman–Crippen MR) is 64.6 cm³/mol. The molecule has 0 bridgehead atoms. The van der Waals surface area contributed by atoms with Crippen molar-refractivity contribution in [3.05, 3.63) is 23.4 Å². The van der Waals surface area contributed by atoms with Crippen molar-refractivity contribution in [1.29, 1.82) is 0 Å². The normalized spacial score (nSPS) is 15.1. The second-order valence-electron chi connectivity index (χ2n) is 4.47. The summed E-state index contributed by atoms with van der Waals surface area (Å²) in [4.78, 5) is 3.93. The van der Waals surface area contributed by atoms with Crippen molar-refractivity contribution in [1.82, 2.24) is 4.98 Å². The van der Waals surface area contributed by atoms with Gasteiger partial charge < -0.3 is 11.5 Å². The number of rotatable bonds is 4. The summed E-state index contributed by atoms with van der Waals surface area (Å²) >= 11 is 0. The van der Waals surface area contributed by atoms with E-state index in [1.54, 1.807) is 12.3 Å². The maximum absolute atomic E-state index is 14.4. The maximum Gasteiger partial charge on any atom is 0.133 e. The molecule has 1 aromatic rings. The van der Waals surface area contributed by atoms with Gasteiger partial charge in [0.2, 0.25) is 0 Å². The topological polar surface area (TPSA) is 64.9 Å². The van der Waals surface area contributed by atoms with Crippen molar-refractivity contribution >= 4 is 5.82 Å². The molecule has 0 amide bonds. The summed E-state index contributed by atoms with van der Waals surface area (Å²) in [6.45, 7) is 6.08. The van der Waals surface area contributed by atoms with Crippen LogP contribution in [-0.4, -0.2) is 11.5 Å². The fourth-order valence-corrected chi connectivity index (χ4v) is 1.89. The Morgan fingerprint density at radius 1 is 1.44 bits per heavy atom. The van der Waals surface area contributed by atoms with Gasteiger partial charge in [-0.25, -0.2) is 9.37 Å². The summed E-state index contributed by atoms with van der Waals surface area (Å²) in [7, 11) is 0. The number of pyridine rings is 1. The molecule has 0 fully saturated rings. The number of anilines is 1. The molecule has 0 aliphatic heterocycles. The average Bonchev–Trinajstić information content (AvgIpc) is 2.17. The van der Waals surface area contributed by atoms with Gasteiger partial charge in [0.05, 0.1) is 0 Å². The van der Waals surface area contributed by atoms with Gasteiger partial charge in [0.25, 0.3) is 0 Å². The molecule has 0 aliphatic carbocycles. The SMILES string of the molecule is Cc1ccnc(N)c1C(F)C(CN)C(C)C. The largest absolute Gasteiger partial charge is 0.383 e. The van der Waals surface area contributed by atoms with Crippen LogP contribution in [0.4, 0.5) is 10.2 Å². The quantitative estimate of drug-likeness (QED) is 0.825. The lowest BCUT2D eigenvalue weighted by atomic mass is 9.86. The van der Waals surface area contributed by atoms with Crippen molar-refractivity contribution in [2.24, 2.45) is 17.6 Å². The maximum atomic E-state index is 14.4. The zero-order chi connectivity index (χ0) is 12.3. The number of aryl methyl sites for hydroxylation is 1. The van der Waals surface area contributed by atoms with Crippen LogP contribution in [0.5, 0.6) is 0 Å². The highest BCUT2D eigenvalue weighted by Gasteiger charge is 2.27. The second kappa shape index (κ2) is 5.25. The molecule has 3 nitrogen and oxygen atoms in total. The smallest absolute Gasteiger partial charge is 0.133 e. The van der Waals surface area contributed by atoms with E-state index in [-0.39, 0.29) is 17.7 Å². The van der Waals surface area contributed by atoms with Gasteiger partial charge >= 0.3 is 0 Å². The Balaban J connectivity index is 3.08. The van der Waals surface area contributed by atoms with E-state index in [0.717, 1.165) is 5.56 Å². The first-order valence-corrected chi connectivity index (χ1v) is 5.54. The minimum Gasteiger partial charge on any atom is -0.383 e. The minimum atomic E-state index is -1.14. The standard InChI is InChI=1S/C12H20FN3/c1-7(2)9(6-14)11(13)10-8(3)4-5-16-12(10)15/h4-5,7,9,11H,6,14H2,1-3H3,(H2,15,16). The second-order valence-corrected chi connectivity index (χ2v) is 4.47. The van der Waals surface area contributed by atoms with E-state index in [0.29, 0.717) is 12.1 Å². The predicted octanol–water partition coefficient (Wildman–Crippen LogP) is 2.21. The molecule has 4 heteroatoms. The molecule has 0 spiro atoms. The lowest BCUT2D eigenvalue weighted by Crippen LogP contribution is -2.25. The van der Waals surface area contributed by atoms with Crippen LogP contribution in [0.2, 0.25) is 0 Å². The van der Waals surface area contributed by atoms with Gasteiger partial charge in [0.1, 0.15) is 12.0 Å². The lowest BCUT2D eigenvalue weighted by Gasteiger charge is -2.25. The Morgan fingerprint density at radius 3 is 2.50 bits per heavy atom. The molecule has 0 saturated carbocycles. The molecule has 0 aliphatic rings. The van der Waals surface area contributed by atoms with Crippen LogP contribution in [0, 0.1) is 18.8 Å². The van der Waals surface area contributed by atoms with Crippen LogP contribution in [0.1, 0.15) is 31.1 Å². The Labute approximate surface area is 96.1 Å². The van der Waals surface area contributed by atoms with Crippen molar-refractivity contribution in [3.63, 3.8) is 0 Å². The number of nitrogens with zero attached hydrogens (tertiary/aromatic N) is 1. The number of hydrogen-bond acceptors (Lipinski definition) is 3. The van der Waals surface area contributed by atoms with Crippen molar-refractivity contribution in [2.75, 3.05) is 12.3 Å². The summed E-state index contributed by atoms with van der Waals surface area (Å²) < 4.78 is 14.4. The third-order valence-corrected chi connectivity index (χ3v) is 3.02. The summed E-state index contributed by atoms with van der Waals surface area (Å²) in [5.74, 6) is 0.232. The molecule has 1 rings (SSSR count). The minimum absolute atomic E-state index is 0.180. The van der Waals surface area contributed by atoms with Crippen LogP contribution in [0.3, 0.4) is 0 Å². The Morgan fingerprint density at radius 2 is 2.06 bits per heavy atom. The van der Waals surface area contributed by atoms with Crippen LogP contribution in [-0.2, 0) is 0 Å². The number of aromatic nitrogens is 1. The van der Waals surface area contributed by atoms with Crippen LogP contribution >= 0.6 is 0 Å². The van der Waals surface area contributed by atoms with Crippen molar-refractivity contribution in [3.8, 4) is 0 Å². The van der Waals surface area contributed by atoms with Gasteiger partial charge in [0, 0.05) is 17.7 Å². The molecule has 0 radical (unpaired) electrons. The highest BCUT2D eigenvalue weighted by atomic mass is 19.1. The molecule has 2 atom stereocenters. The van der Waals surface area contributed by atoms with Gasteiger partial charge in [-0.05, 0) is 31.0 Å². The Hall–Kier alpha value is -1.16. The van der Waals surface area contributed by atoms with Crippen LogP contribution < -0.4 is 11.5 Å².